The molecule has 126 valence electrons. The molecular formula is C20H20N4O. The Morgan fingerprint density at radius 2 is 1.84 bits per heavy atom. The van der Waals surface area contributed by atoms with Gasteiger partial charge in [0.05, 0.1) is 23.8 Å². The van der Waals surface area contributed by atoms with Gasteiger partial charge in [-0.3, -0.25) is 9.48 Å². The van der Waals surface area contributed by atoms with Crippen molar-refractivity contribution in [2.45, 2.75) is 24.8 Å². The highest BCUT2D eigenvalue weighted by molar-refractivity contribution is 6.01. The molecule has 0 bridgehead atoms. The molecule has 0 unspecified atom stereocenters. The summed E-state index contributed by atoms with van der Waals surface area (Å²) in [6, 6.07) is 17.7. The van der Waals surface area contributed by atoms with Crippen molar-refractivity contribution in [3.8, 4) is 0 Å². The lowest BCUT2D eigenvalue weighted by Crippen LogP contribution is -2.27. The molecule has 2 aromatic carbocycles. The summed E-state index contributed by atoms with van der Waals surface area (Å²) < 4.78 is 1.83. The Balaban J connectivity index is 1.45. The van der Waals surface area contributed by atoms with Crippen LogP contribution in [0.5, 0.6) is 0 Å². The molecule has 0 spiro atoms. The number of nitrogen functional groups attached to an aromatic ring is 1. The normalized spacial score (nSPS) is 14.9. The number of aromatic nitrogens is 2. The quantitative estimate of drug-likeness (QED) is 0.705. The smallest absolute Gasteiger partial charge is 0.235 e. The minimum absolute atomic E-state index is 0.0246. The summed E-state index contributed by atoms with van der Waals surface area (Å²) in [5.74, 6) is 0.0246. The third-order valence-corrected chi connectivity index (χ3v) is 4.73. The number of hydrogen-bond acceptors (Lipinski definition) is 3. The summed E-state index contributed by atoms with van der Waals surface area (Å²) in [5.41, 5.74) is 8.95. The molecule has 25 heavy (non-hydrogen) atoms. The number of amides is 1. The molecule has 1 fully saturated rings. The molecule has 0 radical (unpaired) electrons. The lowest BCUT2D eigenvalue weighted by molar-refractivity contribution is -0.118. The highest BCUT2D eigenvalue weighted by Gasteiger charge is 2.51. The fourth-order valence-corrected chi connectivity index (χ4v) is 3.11. The van der Waals surface area contributed by atoms with Crippen molar-refractivity contribution < 1.29 is 4.79 Å². The summed E-state index contributed by atoms with van der Waals surface area (Å²) in [7, 11) is 0. The molecule has 0 atom stereocenters. The van der Waals surface area contributed by atoms with E-state index >= 15 is 0 Å². The third-order valence-electron chi connectivity index (χ3n) is 4.73. The molecule has 3 aromatic rings. The van der Waals surface area contributed by atoms with Crippen molar-refractivity contribution in [3.63, 3.8) is 0 Å². The van der Waals surface area contributed by atoms with E-state index in [9.17, 15) is 4.79 Å². The van der Waals surface area contributed by atoms with Gasteiger partial charge in [-0.2, -0.15) is 5.10 Å². The van der Waals surface area contributed by atoms with Crippen LogP contribution in [0.3, 0.4) is 0 Å². The number of carbonyl (C=O) groups is 1. The van der Waals surface area contributed by atoms with Gasteiger partial charge in [-0.1, -0.05) is 42.5 Å². The first-order valence-corrected chi connectivity index (χ1v) is 8.40. The van der Waals surface area contributed by atoms with E-state index in [1.54, 1.807) is 6.20 Å². The van der Waals surface area contributed by atoms with E-state index in [4.69, 9.17) is 5.73 Å². The number of hydrogen-bond donors (Lipinski definition) is 2. The zero-order valence-corrected chi connectivity index (χ0v) is 13.9. The van der Waals surface area contributed by atoms with Gasteiger partial charge in [-0.25, -0.2) is 0 Å². The number of benzene rings is 2. The molecular weight excluding hydrogens is 312 g/mol. The Kier molecular flexibility index (Phi) is 3.76. The first kappa shape index (κ1) is 15.4. The van der Waals surface area contributed by atoms with Crippen molar-refractivity contribution in [2.75, 3.05) is 11.1 Å². The number of anilines is 2. The van der Waals surface area contributed by atoms with Gasteiger partial charge < -0.3 is 11.1 Å². The predicted octanol–water partition coefficient (Wildman–Crippen LogP) is 3.18. The van der Waals surface area contributed by atoms with Crippen LogP contribution >= 0.6 is 0 Å². The molecule has 4 rings (SSSR count). The molecule has 1 heterocycles. The monoisotopic (exact) mass is 332 g/mol. The highest BCUT2D eigenvalue weighted by Crippen LogP contribution is 2.49. The van der Waals surface area contributed by atoms with E-state index in [1.165, 1.54) is 5.56 Å². The predicted molar refractivity (Wildman–Crippen MR) is 98.2 cm³/mol. The Labute approximate surface area is 146 Å². The molecule has 0 aliphatic heterocycles. The lowest BCUT2D eigenvalue weighted by atomic mass is 9.94. The van der Waals surface area contributed by atoms with Gasteiger partial charge in [-0.05, 0) is 36.1 Å². The molecule has 1 saturated carbocycles. The van der Waals surface area contributed by atoms with Gasteiger partial charge in [0.15, 0.2) is 0 Å². The Morgan fingerprint density at radius 1 is 1.12 bits per heavy atom. The molecule has 1 aromatic heterocycles. The van der Waals surface area contributed by atoms with Gasteiger partial charge in [0.1, 0.15) is 0 Å². The fraction of sp³-hybridized carbons (Fsp3) is 0.200. The van der Waals surface area contributed by atoms with Gasteiger partial charge in [0.2, 0.25) is 5.91 Å². The maximum atomic E-state index is 12.8. The summed E-state index contributed by atoms with van der Waals surface area (Å²) in [4.78, 5) is 12.8. The Bertz CT molecular complexity index is 880. The van der Waals surface area contributed by atoms with Gasteiger partial charge in [-0.15, -0.1) is 0 Å². The zero-order chi connectivity index (χ0) is 17.3. The maximum absolute atomic E-state index is 12.8. The molecule has 0 saturated heterocycles. The Hall–Kier alpha value is -3.08. The average molecular weight is 332 g/mol. The van der Waals surface area contributed by atoms with Crippen LogP contribution in [0.2, 0.25) is 0 Å². The minimum atomic E-state index is -0.421. The summed E-state index contributed by atoms with van der Waals surface area (Å²) >= 11 is 0. The van der Waals surface area contributed by atoms with Gasteiger partial charge >= 0.3 is 0 Å². The van der Waals surface area contributed by atoms with Crippen molar-refractivity contribution in [2.24, 2.45) is 0 Å². The number of nitrogens with two attached hydrogens (primary N) is 1. The lowest BCUT2D eigenvalue weighted by Gasteiger charge is -2.15. The largest absolute Gasteiger partial charge is 0.399 e. The fourth-order valence-electron chi connectivity index (χ4n) is 3.11. The molecule has 5 nitrogen and oxygen atoms in total. The van der Waals surface area contributed by atoms with Crippen LogP contribution in [-0.2, 0) is 16.8 Å². The Morgan fingerprint density at radius 3 is 2.52 bits per heavy atom. The SMILES string of the molecule is Nc1ccc(C2(C(=O)Nc3cnn(Cc4ccccc4)c3)CC2)cc1. The summed E-state index contributed by atoms with van der Waals surface area (Å²) in [6.07, 6.45) is 5.28. The topological polar surface area (TPSA) is 72.9 Å². The van der Waals surface area contributed by atoms with Gasteiger partial charge in [0, 0.05) is 11.9 Å². The molecule has 1 aliphatic rings. The molecule has 1 amide bonds. The summed E-state index contributed by atoms with van der Waals surface area (Å²) in [6.45, 7) is 0.680. The van der Waals surface area contributed by atoms with E-state index in [-0.39, 0.29) is 5.91 Å². The van der Waals surface area contributed by atoms with Crippen LogP contribution in [0.1, 0.15) is 24.0 Å². The van der Waals surface area contributed by atoms with Crippen LogP contribution in [0, 0.1) is 0 Å². The van der Waals surface area contributed by atoms with Crippen LogP contribution < -0.4 is 11.1 Å². The number of rotatable bonds is 5. The van der Waals surface area contributed by atoms with Crippen molar-refractivity contribution in [1.82, 2.24) is 9.78 Å². The zero-order valence-electron chi connectivity index (χ0n) is 13.9. The van der Waals surface area contributed by atoms with E-state index in [2.05, 4.69) is 22.5 Å². The second-order valence-corrected chi connectivity index (χ2v) is 6.57. The second-order valence-electron chi connectivity index (χ2n) is 6.57. The van der Waals surface area contributed by atoms with Crippen LogP contribution in [-0.4, -0.2) is 15.7 Å². The maximum Gasteiger partial charge on any atom is 0.235 e. The minimum Gasteiger partial charge on any atom is -0.399 e. The van der Waals surface area contributed by atoms with Crippen molar-refractivity contribution >= 4 is 17.3 Å². The second kappa shape index (κ2) is 6.09. The first-order chi connectivity index (χ1) is 12.2. The van der Waals surface area contributed by atoms with E-state index in [1.807, 2.05) is 53.3 Å². The van der Waals surface area contributed by atoms with Crippen molar-refractivity contribution in [1.29, 1.82) is 0 Å². The molecule has 3 N–H and O–H groups in total. The third kappa shape index (κ3) is 3.13. The first-order valence-electron chi connectivity index (χ1n) is 8.40. The van der Waals surface area contributed by atoms with Crippen LogP contribution in [0.25, 0.3) is 0 Å². The number of nitrogens with zero attached hydrogens (tertiary/aromatic N) is 2. The molecule has 1 aliphatic carbocycles. The highest BCUT2D eigenvalue weighted by atomic mass is 16.2. The van der Waals surface area contributed by atoms with Crippen LogP contribution in [0.4, 0.5) is 11.4 Å². The summed E-state index contributed by atoms with van der Waals surface area (Å²) in [5, 5.41) is 7.35. The van der Waals surface area contributed by atoms with E-state index in [0.29, 0.717) is 12.2 Å². The van der Waals surface area contributed by atoms with E-state index < -0.39 is 5.41 Å². The van der Waals surface area contributed by atoms with Crippen LogP contribution in [0.15, 0.2) is 67.0 Å². The van der Waals surface area contributed by atoms with E-state index in [0.717, 1.165) is 24.1 Å². The number of carbonyl (C=O) groups excluding carboxylic acids is 1. The standard InChI is InChI=1S/C20H20N4O/c21-17-8-6-16(7-9-17)20(10-11-20)19(25)23-18-12-22-24(14-18)13-15-4-2-1-3-5-15/h1-9,12,14H,10-11,13,21H2,(H,23,25). The number of nitrogens with one attached hydrogen (secondary N) is 1. The average Bonchev–Trinajstić information content (AvgIpc) is 3.33. The van der Waals surface area contributed by atoms with Crippen molar-refractivity contribution in [3.05, 3.63) is 78.1 Å². The molecule has 5 heteroatoms. The van der Waals surface area contributed by atoms with Gasteiger partial charge in [0.25, 0.3) is 0 Å².